The molecule has 0 bridgehead atoms. The zero-order valence-electron chi connectivity index (χ0n) is 6.30. The van der Waals surface area contributed by atoms with Crippen LogP contribution in [0.4, 0.5) is 5.69 Å². The van der Waals surface area contributed by atoms with Gasteiger partial charge in [0.25, 0.3) is 5.91 Å². The van der Waals surface area contributed by atoms with Crippen LogP contribution in [-0.2, 0) is 4.79 Å². The van der Waals surface area contributed by atoms with E-state index in [0.717, 1.165) is 0 Å². The van der Waals surface area contributed by atoms with Crippen molar-refractivity contribution >= 4 is 59.4 Å². The molecule has 0 aromatic carbocycles. The van der Waals surface area contributed by atoms with Gasteiger partial charge in [-0.05, 0) is 59.9 Å². The summed E-state index contributed by atoms with van der Waals surface area (Å²) in [5, 5.41) is 2.66. The van der Waals surface area contributed by atoms with Crippen LogP contribution in [0.3, 0.4) is 0 Å². The summed E-state index contributed by atoms with van der Waals surface area (Å²) in [5.41, 5.74) is 0.697. The molecule has 0 saturated heterocycles. The highest BCUT2D eigenvalue weighted by Gasteiger charge is 2.28. The largest absolute Gasteiger partial charge is 0.323 e. The summed E-state index contributed by atoms with van der Waals surface area (Å²) in [7, 11) is 0. The molecular formula is C7H5Br3N2O. The number of alkyl halides is 3. The quantitative estimate of drug-likeness (QED) is 0.770. The third kappa shape index (κ3) is 3.74. The molecule has 0 unspecified atom stereocenters. The van der Waals surface area contributed by atoms with Crippen LogP contribution in [-0.4, -0.2) is 13.0 Å². The topological polar surface area (TPSA) is 42.0 Å². The molecule has 0 fully saturated rings. The number of hydrogen-bond acceptors (Lipinski definition) is 2. The molecule has 0 aliphatic heterocycles. The number of carbonyl (C=O) groups excluding carboxylic acids is 1. The molecule has 1 aromatic rings. The third-order valence-electron chi connectivity index (χ3n) is 1.20. The van der Waals surface area contributed by atoms with E-state index >= 15 is 0 Å². The molecule has 1 aromatic heterocycles. The Hall–Kier alpha value is 0.0600. The number of aromatic nitrogens is 1. The molecule has 70 valence electrons. The van der Waals surface area contributed by atoms with Crippen molar-refractivity contribution < 1.29 is 4.79 Å². The van der Waals surface area contributed by atoms with Gasteiger partial charge in [0.1, 0.15) is 0 Å². The maximum absolute atomic E-state index is 11.4. The Morgan fingerprint density at radius 1 is 1.31 bits per heavy atom. The summed E-state index contributed by atoms with van der Waals surface area (Å²) in [6.07, 6.45) is 3.21. The van der Waals surface area contributed by atoms with E-state index in [4.69, 9.17) is 0 Å². The summed E-state index contributed by atoms with van der Waals surface area (Å²) in [6, 6.07) is 3.41. The molecule has 3 nitrogen and oxygen atoms in total. The van der Waals surface area contributed by atoms with Gasteiger partial charge in [0.15, 0.2) is 0 Å². The van der Waals surface area contributed by atoms with Crippen LogP contribution in [0.15, 0.2) is 24.5 Å². The summed E-state index contributed by atoms with van der Waals surface area (Å²) < 4.78 is -0.920. The van der Waals surface area contributed by atoms with E-state index < -0.39 is 2.14 Å². The first-order valence-electron chi connectivity index (χ1n) is 3.28. The summed E-state index contributed by atoms with van der Waals surface area (Å²) in [6.45, 7) is 0. The second kappa shape index (κ2) is 4.52. The van der Waals surface area contributed by atoms with Gasteiger partial charge in [0.05, 0.1) is 0 Å². The summed E-state index contributed by atoms with van der Waals surface area (Å²) >= 11 is 9.32. The number of nitrogens with zero attached hydrogens (tertiary/aromatic N) is 1. The lowest BCUT2D eigenvalue weighted by Crippen LogP contribution is -2.25. The number of halogens is 3. The van der Waals surface area contributed by atoms with Crippen LogP contribution in [0.5, 0.6) is 0 Å². The van der Waals surface area contributed by atoms with Gasteiger partial charge in [-0.1, -0.05) is 0 Å². The predicted octanol–water partition coefficient (Wildman–Crippen LogP) is 2.86. The fourth-order valence-electron chi connectivity index (χ4n) is 0.637. The Morgan fingerprint density at radius 3 is 2.31 bits per heavy atom. The van der Waals surface area contributed by atoms with Crippen molar-refractivity contribution in [2.24, 2.45) is 0 Å². The van der Waals surface area contributed by atoms with E-state index in [0.29, 0.717) is 5.69 Å². The van der Waals surface area contributed by atoms with E-state index in [-0.39, 0.29) is 5.91 Å². The molecule has 0 saturated carbocycles. The van der Waals surface area contributed by atoms with Crippen molar-refractivity contribution in [2.45, 2.75) is 2.14 Å². The molecule has 6 heteroatoms. The number of amides is 1. The fraction of sp³-hybridized carbons (Fsp3) is 0.143. The van der Waals surface area contributed by atoms with Crippen LogP contribution in [0, 0.1) is 0 Å². The number of hydrogen-bond donors (Lipinski definition) is 1. The fourth-order valence-corrected chi connectivity index (χ4v) is 0.935. The molecule has 1 heterocycles. The minimum absolute atomic E-state index is 0.237. The van der Waals surface area contributed by atoms with Crippen LogP contribution >= 0.6 is 47.8 Å². The van der Waals surface area contributed by atoms with Crippen molar-refractivity contribution in [3.8, 4) is 0 Å². The van der Waals surface area contributed by atoms with Gasteiger partial charge >= 0.3 is 0 Å². The number of nitrogens with one attached hydrogen (secondary N) is 1. The normalized spacial score (nSPS) is 11.0. The molecule has 0 radical (unpaired) electrons. The number of carbonyl (C=O) groups is 1. The zero-order chi connectivity index (χ0) is 9.90. The third-order valence-corrected chi connectivity index (χ3v) is 2.28. The van der Waals surface area contributed by atoms with Gasteiger partial charge in [-0.3, -0.25) is 9.78 Å². The van der Waals surface area contributed by atoms with Gasteiger partial charge < -0.3 is 5.32 Å². The predicted molar refractivity (Wildman–Crippen MR) is 62.4 cm³/mol. The van der Waals surface area contributed by atoms with E-state index in [9.17, 15) is 4.79 Å². The maximum atomic E-state index is 11.4. The van der Waals surface area contributed by atoms with Gasteiger partial charge in [0.2, 0.25) is 2.14 Å². The minimum Gasteiger partial charge on any atom is -0.323 e. The van der Waals surface area contributed by atoms with Gasteiger partial charge in [-0.25, -0.2) is 0 Å². The zero-order valence-corrected chi connectivity index (χ0v) is 11.1. The van der Waals surface area contributed by atoms with Crippen molar-refractivity contribution in [3.05, 3.63) is 24.5 Å². The van der Waals surface area contributed by atoms with E-state index in [2.05, 4.69) is 58.1 Å². The molecular weight excluding hydrogens is 368 g/mol. The molecule has 0 aliphatic carbocycles. The lowest BCUT2D eigenvalue weighted by Gasteiger charge is -2.11. The average molecular weight is 373 g/mol. The minimum atomic E-state index is -0.920. The Balaban J connectivity index is 2.66. The Labute approximate surface area is 101 Å². The maximum Gasteiger partial charge on any atom is 0.263 e. The highest BCUT2D eigenvalue weighted by molar-refractivity contribution is 9.40. The Kier molecular flexibility index (Phi) is 3.87. The molecule has 0 atom stereocenters. The molecule has 1 amide bonds. The molecule has 13 heavy (non-hydrogen) atoms. The van der Waals surface area contributed by atoms with Crippen molar-refractivity contribution in [1.29, 1.82) is 0 Å². The van der Waals surface area contributed by atoms with Crippen molar-refractivity contribution in [3.63, 3.8) is 0 Å². The second-order valence-corrected chi connectivity index (χ2v) is 8.95. The number of pyridine rings is 1. The first kappa shape index (κ1) is 11.1. The first-order chi connectivity index (χ1) is 6.00. The van der Waals surface area contributed by atoms with Gasteiger partial charge in [-0.2, -0.15) is 0 Å². The van der Waals surface area contributed by atoms with E-state index in [1.165, 1.54) is 0 Å². The SMILES string of the molecule is O=C(Nc1ccncc1)C(Br)(Br)Br. The van der Waals surface area contributed by atoms with Crippen molar-refractivity contribution in [2.75, 3.05) is 5.32 Å². The van der Waals surface area contributed by atoms with Crippen LogP contribution in [0.1, 0.15) is 0 Å². The Bertz CT molecular complexity index is 296. The molecule has 1 rings (SSSR count). The van der Waals surface area contributed by atoms with E-state index in [1.807, 2.05) is 0 Å². The highest BCUT2D eigenvalue weighted by Crippen LogP contribution is 2.34. The molecule has 0 spiro atoms. The van der Waals surface area contributed by atoms with Crippen LogP contribution < -0.4 is 5.32 Å². The lowest BCUT2D eigenvalue weighted by atomic mass is 10.4. The van der Waals surface area contributed by atoms with Gasteiger partial charge in [-0.15, -0.1) is 0 Å². The number of rotatable bonds is 1. The van der Waals surface area contributed by atoms with E-state index in [1.54, 1.807) is 24.5 Å². The molecule has 0 aliphatic rings. The Morgan fingerprint density at radius 2 is 1.85 bits per heavy atom. The lowest BCUT2D eigenvalue weighted by molar-refractivity contribution is -0.114. The standard InChI is InChI=1S/C7H5Br3N2O/c8-7(9,10)6(13)12-5-1-3-11-4-2-5/h1-4H,(H,11,12,13). The van der Waals surface area contributed by atoms with Crippen LogP contribution in [0.25, 0.3) is 0 Å². The summed E-state index contributed by atoms with van der Waals surface area (Å²) in [5.74, 6) is -0.237. The smallest absolute Gasteiger partial charge is 0.263 e. The molecule has 1 N–H and O–H groups in total. The number of anilines is 1. The monoisotopic (exact) mass is 370 g/mol. The van der Waals surface area contributed by atoms with Crippen molar-refractivity contribution in [1.82, 2.24) is 4.98 Å². The van der Waals surface area contributed by atoms with Crippen LogP contribution in [0.2, 0.25) is 0 Å². The first-order valence-corrected chi connectivity index (χ1v) is 5.66. The summed E-state index contributed by atoms with van der Waals surface area (Å²) in [4.78, 5) is 15.2. The average Bonchev–Trinajstić information content (AvgIpc) is 2.04. The van der Waals surface area contributed by atoms with Gasteiger partial charge in [0, 0.05) is 18.1 Å². The second-order valence-electron chi connectivity index (χ2n) is 2.19. The highest BCUT2D eigenvalue weighted by atomic mass is 80.0.